The fourth-order valence-electron chi connectivity index (χ4n) is 9.01. The Morgan fingerprint density at radius 1 is 0.339 bits per heavy atom. The van der Waals surface area contributed by atoms with Gasteiger partial charge in [-0.25, -0.2) is 4.98 Å². The SMILES string of the molecule is c1ccc(N2c3ccccc3C3(c4ccccc4-c4ccc(-c5cccc(-c6cc(-c7ccccn7)nc(-c7ccccn7)c6)c5)cc43)c3ccccc32)cc1. The van der Waals surface area contributed by atoms with E-state index in [2.05, 4.69) is 173 Å². The predicted molar refractivity (Wildman–Crippen MR) is 227 cm³/mol. The predicted octanol–water partition coefficient (Wildman–Crippen LogP) is 12.7. The van der Waals surface area contributed by atoms with Gasteiger partial charge in [0.25, 0.3) is 0 Å². The smallest absolute Gasteiger partial charge is 0.0900 e. The number of anilines is 3. The van der Waals surface area contributed by atoms with Crippen LogP contribution < -0.4 is 4.90 Å². The average molecular weight is 715 g/mol. The first-order valence-electron chi connectivity index (χ1n) is 19.0. The summed E-state index contributed by atoms with van der Waals surface area (Å²) in [5, 5.41) is 0. The van der Waals surface area contributed by atoms with Gasteiger partial charge >= 0.3 is 0 Å². The summed E-state index contributed by atoms with van der Waals surface area (Å²) in [6.07, 6.45) is 3.62. The van der Waals surface area contributed by atoms with Crippen LogP contribution in [-0.4, -0.2) is 15.0 Å². The van der Waals surface area contributed by atoms with Gasteiger partial charge in [0.15, 0.2) is 0 Å². The van der Waals surface area contributed by atoms with E-state index in [4.69, 9.17) is 4.98 Å². The fraction of sp³-hybridized carbons (Fsp3) is 0.0192. The number of para-hydroxylation sites is 3. The van der Waals surface area contributed by atoms with Crippen molar-refractivity contribution in [3.63, 3.8) is 0 Å². The monoisotopic (exact) mass is 714 g/mol. The minimum Gasteiger partial charge on any atom is -0.310 e. The molecule has 262 valence electrons. The minimum absolute atomic E-state index is 0.516. The Kier molecular flexibility index (Phi) is 7.36. The molecule has 0 unspecified atom stereocenters. The molecule has 1 aliphatic carbocycles. The van der Waals surface area contributed by atoms with Crippen molar-refractivity contribution >= 4 is 17.1 Å². The van der Waals surface area contributed by atoms with Crippen molar-refractivity contribution in [2.75, 3.05) is 4.90 Å². The number of hydrogen-bond acceptors (Lipinski definition) is 4. The van der Waals surface area contributed by atoms with Crippen molar-refractivity contribution in [1.29, 1.82) is 0 Å². The summed E-state index contributed by atoms with van der Waals surface area (Å²) in [7, 11) is 0. The molecule has 0 radical (unpaired) electrons. The highest BCUT2D eigenvalue weighted by atomic mass is 15.2. The van der Waals surface area contributed by atoms with Crippen molar-refractivity contribution in [1.82, 2.24) is 15.0 Å². The molecule has 0 saturated heterocycles. The first-order valence-corrected chi connectivity index (χ1v) is 19.0. The molecule has 6 aromatic carbocycles. The summed E-state index contributed by atoms with van der Waals surface area (Å²) in [5.41, 5.74) is 18.5. The lowest BCUT2D eigenvalue weighted by Gasteiger charge is -2.45. The number of fused-ring (bicyclic) bond motifs is 9. The quantitative estimate of drug-likeness (QED) is 0.178. The van der Waals surface area contributed by atoms with Crippen LogP contribution in [0.2, 0.25) is 0 Å². The van der Waals surface area contributed by atoms with E-state index < -0.39 is 5.41 Å². The zero-order chi connectivity index (χ0) is 37.1. The second-order valence-electron chi connectivity index (χ2n) is 14.4. The van der Waals surface area contributed by atoms with Crippen LogP contribution in [0, 0.1) is 0 Å². The first kappa shape index (κ1) is 32.0. The van der Waals surface area contributed by atoms with Crippen LogP contribution in [0.15, 0.2) is 207 Å². The summed E-state index contributed by atoms with van der Waals surface area (Å²) in [6, 6.07) is 69.7. The third kappa shape index (κ3) is 4.89. The molecule has 11 rings (SSSR count). The van der Waals surface area contributed by atoms with Crippen LogP contribution in [-0.2, 0) is 5.41 Å². The molecule has 3 aromatic heterocycles. The Labute approximate surface area is 326 Å². The summed E-state index contributed by atoms with van der Waals surface area (Å²) >= 11 is 0. The molecule has 4 nitrogen and oxygen atoms in total. The second kappa shape index (κ2) is 12.9. The van der Waals surface area contributed by atoms with Gasteiger partial charge in [0, 0.05) is 18.1 Å². The van der Waals surface area contributed by atoms with E-state index in [-0.39, 0.29) is 0 Å². The van der Waals surface area contributed by atoms with Crippen molar-refractivity contribution < 1.29 is 0 Å². The van der Waals surface area contributed by atoms with Crippen LogP contribution in [0.4, 0.5) is 17.1 Å². The van der Waals surface area contributed by atoms with Gasteiger partial charge in [-0.15, -0.1) is 0 Å². The Morgan fingerprint density at radius 3 is 1.52 bits per heavy atom. The summed E-state index contributed by atoms with van der Waals surface area (Å²) in [4.78, 5) is 16.7. The minimum atomic E-state index is -0.516. The van der Waals surface area contributed by atoms with Gasteiger partial charge in [-0.3, -0.25) is 9.97 Å². The zero-order valence-corrected chi connectivity index (χ0v) is 30.4. The van der Waals surface area contributed by atoms with E-state index in [1.165, 1.54) is 50.3 Å². The molecule has 1 aliphatic heterocycles. The molecule has 0 atom stereocenters. The molecule has 9 aromatic rings. The standard InChI is InChI=1S/C52H34N4/c1-2-17-39(18-3-1)56-50-25-8-6-21-43(50)52(44-22-7-9-26-51(44)56)42-20-5-4-19-40(42)41-28-27-37(32-45(41)52)35-15-14-16-36(31-35)38-33-48(46-23-10-12-29-53-46)55-49(34-38)47-24-11-13-30-54-47/h1-34H. The van der Waals surface area contributed by atoms with E-state index in [1.54, 1.807) is 0 Å². The van der Waals surface area contributed by atoms with Crippen molar-refractivity contribution in [3.05, 3.63) is 229 Å². The first-order chi connectivity index (χ1) is 27.8. The molecular weight excluding hydrogens is 681 g/mol. The lowest BCUT2D eigenvalue weighted by molar-refractivity contribution is 0.753. The van der Waals surface area contributed by atoms with Crippen molar-refractivity contribution in [3.8, 4) is 56.2 Å². The van der Waals surface area contributed by atoms with E-state index in [9.17, 15) is 0 Å². The highest BCUT2D eigenvalue weighted by Crippen LogP contribution is 2.63. The highest BCUT2D eigenvalue weighted by Gasteiger charge is 2.51. The molecule has 4 heteroatoms. The number of benzene rings is 6. The molecule has 0 fully saturated rings. The van der Waals surface area contributed by atoms with Gasteiger partial charge in [0.2, 0.25) is 0 Å². The van der Waals surface area contributed by atoms with Gasteiger partial charge in [0.05, 0.1) is 39.6 Å². The molecule has 4 heterocycles. The lowest BCUT2D eigenvalue weighted by Crippen LogP contribution is -2.36. The number of pyridine rings is 3. The van der Waals surface area contributed by atoms with E-state index in [1.807, 2.05) is 48.8 Å². The summed E-state index contributed by atoms with van der Waals surface area (Å²) in [5.74, 6) is 0. The van der Waals surface area contributed by atoms with Gasteiger partial charge in [-0.1, -0.05) is 121 Å². The topological polar surface area (TPSA) is 41.9 Å². The average Bonchev–Trinajstić information content (AvgIpc) is 3.57. The summed E-state index contributed by atoms with van der Waals surface area (Å²) in [6.45, 7) is 0. The zero-order valence-electron chi connectivity index (χ0n) is 30.4. The maximum atomic E-state index is 5.02. The number of rotatable bonds is 5. The molecule has 1 spiro atoms. The maximum absolute atomic E-state index is 5.02. The van der Waals surface area contributed by atoms with Crippen LogP contribution in [0.25, 0.3) is 56.2 Å². The fourth-order valence-corrected chi connectivity index (χ4v) is 9.01. The maximum Gasteiger partial charge on any atom is 0.0900 e. The Hall–Kier alpha value is -7.43. The van der Waals surface area contributed by atoms with Crippen molar-refractivity contribution in [2.45, 2.75) is 5.41 Å². The molecule has 56 heavy (non-hydrogen) atoms. The Morgan fingerprint density at radius 2 is 0.875 bits per heavy atom. The van der Waals surface area contributed by atoms with Crippen molar-refractivity contribution in [2.24, 2.45) is 0 Å². The molecule has 0 N–H and O–H groups in total. The Bertz CT molecular complexity index is 2820. The molecule has 0 saturated carbocycles. The van der Waals surface area contributed by atoms with E-state index >= 15 is 0 Å². The number of hydrogen-bond donors (Lipinski definition) is 0. The van der Waals surface area contributed by atoms with E-state index in [0.29, 0.717) is 0 Å². The normalized spacial score (nSPS) is 13.1. The van der Waals surface area contributed by atoms with Gasteiger partial charge in [-0.05, 0) is 128 Å². The number of aromatic nitrogens is 3. The second-order valence-corrected chi connectivity index (χ2v) is 14.4. The van der Waals surface area contributed by atoms with Crippen LogP contribution >= 0.6 is 0 Å². The van der Waals surface area contributed by atoms with Gasteiger partial charge < -0.3 is 4.90 Å². The molecule has 0 amide bonds. The number of nitrogens with zero attached hydrogens (tertiary/aromatic N) is 4. The van der Waals surface area contributed by atoms with E-state index in [0.717, 1.165) is 45.2 Å². The molecular formula is C52H34N4. The van der Waals surface area contributed by atoms with Crippen LogP contribution in [0.3, 0.4) is 0 Å². The highest BCUT2D eigenvalue weighted by molar-refractivity contribution is 5.96. The third-order valence-electron chi connectivity index (χ3n) is 11.4. The van der Waals surface area contributed by atoms with Crippen LogP contribution in [0.1, 0.15) is 22.3 Å². The van der Waals surface area contributed by atoms with Gasteiger partial charge in [-0.2, -0.15) is 0 Å². The Balaban J connectivity index is 1.11. The molecule has 0 bridgehead atoms. The van der Waals surface area contributed by atoms with Gasteiger partial charge in [0.1, 0.15) is 0 Å². The molecule has 2 aliphatic rings. The largest absolute Gasteiger partial charge is 0.310 e. The van der Waals surface area contributed by atoms with Crippen LogP contribution in [0.5, 0.6) is 0 Å². The summed E-state index contributed by atoms with van der Waals surface area (Å²) < 4.78 is 0. The lowest BCUT2D eigenvalue weighted by atomic mass is 9.64. The third-order valence-corrected chi connectivity index (χ3v) is 11.4.